The van der Waals surface area contributed by atoms with Crippen LogP contribution in [0.25, 0.3) is 0 Å². The Morgan fingerprint density at radius 2 is 1.47 bits per heavy atom. The first-order chi connectivity index (χ1) is 17.4. The number of rotatable bonds is 9. The number of hydrogen-bond donors (Lipinski definition) is 0. The van der Waals surface area contributed by atoms with Crippen LogP contribution < -0.4 is 23.7 Å². The lowest BCUT2D eigenvalue weighted by Crippen LogP contribution is -2.42. The van der Waals surface area contributed by atoms with Crippen molar-refractivity contribution in [1.29, 1.82) is 0 Å². The molecule has 1 amide bonds. The number of carbonyl (C=O) groups excluding carboxylic acids is 1. The molecule has 7 nitrogen and oxygen atoms in total. The van der Waals surface area contributed by atoms with E-state index in [0.717, 1.165) is 22.6 Å². The standard InChI is InChI=1S/C29H33NO6/c1-19(2)36-24-8-6-20(7-9-24)29(31)30-15-14-21-16-27(33-4)28(34-5)17-25(21)26(30)18-35-23-12-10-22(32-3)11-13-23/h6-13,16-17,19,26H,14-15,18H2,1-5H3. The Balaban J connectivity index is 1.64. The molecule has 1 atom stereocenters. The molecule has 3 aromatic rings. The minimum absolute atomic E-state index is 0.0603. The van der Waals surface area contributed by atoms with Gasteiger partial charge in [0.15, 0.2) is 11.5 Å². The van der Waals surface area contributed by atoms with E-state index in [0.29, 0.717) is 35.8 Å². The zero-order chi connectivity index (χ0) is 25.7. The van der Waals surface area contributed by atoms with E-state index in [1.807, 2.05) is 79.4 Å². The van der Waals surface area contributed by atoms with E-state index in [1.54, 1.807) is 21.3 Å². The van der Waals surface area contributed by atoms with Crippen LogP contribution in [0.2, 0.25) is 0 Å². The molecule has 36 heavy (non-hydrogen) atoms. The highest BCUT2D eigenvalue weighted by Gasteiger charge is 2.33. The zero-order valence-corrected chi connectivity index (χ0v) is 21.4. The van der Waals surface area contributed by atoms with Gasteiger partial charge in [0.25, 0.3) is 5.91 Å². The van der Waals surface area contributed by atoms with Crippen molar-refractivity contribution in [3.05, 3.63) is 77.4 Å². The summed E-state index contributed by atoms with van der Waals surface area (Å²) in [4.78, 5) is 15.6. The zero-order valence-electron chi connectivity index (χ0n) is 21.4. The Labute approximate surface area is 212 Å². The molecule has 0 radical (unpaired) electrons. The van der Waals surface area contributed by atoms with E-state index in [-0.39, 0.29) is 24.7 Å². The number of methoxy groups -OCH3 is 3. The van der Waals surface area contributed by atoms with Gasteiger partial charge in [-0.3, -0.25) is 4.79 Å². The van der Waals surface area contributed by atoms with Gasteiger partial charge in [-0.2, -0.15) is 0 Å². The molecule has 0 aromatic heterocycles. The van der Waals surface area contributed by atoms with E-state index in [2.05, 4.69) is 0 Å². The lowest BCUT2D eigenvalue weighted by atomic mass is 9.91. The summed E-state index contributed by atoms with van der Waals surface area (Å²) in [5, 5.41) is 0. The van der Waals surface area contributed by atoms with E-state index < -0.39 is 0 Å². The number of carbonyl (C=O) groups is 1. The smallest absolute Gasteiger partial charge is 0.254 e. The fraction of sp³-hybridized carbons (Fsp3) is 0.345. The van der Waals surface area contributed by atoms with Gasteiger partial charge < -0.3 is 28.6 Å². The molecule has 3 aromatic carbocycles. The third-order valence-corrected chi connectivity index (χ3v) is 6.20. The summed E-state index contributed by atoms with van der Waals surface area (Å²) in [7, 11) is 4.86. The van der Waals surface area contributed by atoms with Crippen molar-refractivity contribution in [1.82, 2.24) is 4.90 Å². The van der Waals surface area contributed by atoms with Crippen LogP contribution in [0.5, 0.6) is 28.7 Å². The fourth-order valence-electron chi connectivity index (χ4n) is 4.41. The molecule has 0 spiro atoms. The molecule has 0 aliphatic carbocycles. The van der Waals surface area contributed by atoms with Crippen LogP contribution in [0.15, 0.2) is 60.7 Å². The second kappa shape index (κ2) is 11.2. The third kappa shape index (κ3) is 5.51. The van der Waals surface area contributed by atoms with Crippen LogP contribution in [0, 0.1) is 0 Å². The highest BCUT2D eigenvalue weighted by atomic mass is 16.5. The number of amides is 1. The number of nitrogens with zero attached hydrogens (tertiary/aromatic N) is 1. The molecular formula is C29H33NO6. The first kappa shape index (κ1) is 25.2. The normalized spacial score (nSPS) is 14.7. The maximum absolute atomic E-state index is 13.7. The lowest BCUT2D eigenvalue weighted by molar-refractivity contribution is 0.0589. The average molecular weight is 492 g/mol. The molecule has 0 saturated heterocycles. The van der Waals surface area contributed by atoms with Gasteiger partial charge in [-0.15, -0.1) is 0 Å². The topological polar surface area (TPSA) is 66.5 Å². The van der Waals surface area contributed by atoms with Gasteiger partial charge in [0, 0.05) is 12.1 Å². The fourth-order valence-corrected chi connectivity index (χ4v) is 4.41. The minimum atomic E-state index is -0.310. The maximum Gasteiger partial charge on any atom is 0.254 e. The summed E-state index contributed by atoms with van der Waals surface area (Å²) in [5.41, 5.74) is 2.70. The number of fused-ring (bicyclic) bond motifs is 1. The molecular weight excluding hydrogens is 458 g/mol. The summed E-state index contributed by atoms with van der Waals surface area (Å²) in [6.07, 6.45) is 0.770. The van der Waals surface area contributed by atoms with Crippen LogP contribution in [0.3, 0.4) is 0 Å². The second-order valence-corrected chi connectivity index (χ2v) is 8.85. The van der Waals surface area contributed by atoms with E-state index in [4.69, 9.17) is 23.7 Å². The van der Waals surface area contributed by atoms with Crippen molar-refractivity contribution in [2.75, 3.05) is 34.5 Å². The van der Waals surface area contributed by atoms with Gasteiger partial charge in [0.05, 0.1) is 33.5 Å². The van der Waals surface area contributed by atoms with E-state index in [1.165, 1.54) is 0 Å². The van der Waals surface area contributed by atoms with Gasteiger partial charge >= 0.3 is 0 Å². The molecule has 0 N–H and O–H groups in total. The first-order valence-electron chi connectivity index (χ1n) is 12.0. The molecule has 0 bridgehead atoms. The molecule has 190 valence electrons. The molecule has 0 fully saturated rings. The van der Waals surface area contributed by atoms with Gasteiger partial charge in [0.1, 0.15) is 23.9 Å². The number of hydrogen-bond acceptors (Lipinski definition) is 6. The Kier molecular flexibility index (Phi) is 7.88. The van der Waals surface area contributed by atoms with Crippen molar-refractivity contribution >= 4 is 5.91 Å². The Morgan fingerprint density at radius 1 is 0.861 bits per heavy atom. The van der Waals surface area contributed by atoms with Crippen LogP contribution in [0.1, 0.15) is 41.4 Å². The summed E-state index contributed by atoms with van der Waals surface area (Å²) in [6.45, 7) is 4.79. The molecule has 1 heterocycles. The van der Waals surface area contributed by atoms with Gasteiger partial charge in [-0.25, -0.2) is 0 Å². The quantitative estimate of drug-likeness (QED) is 0.404. The Hall–Kier alpha value is -3.87. The molecule has 7 heteroatoms. The van der Waals surface area contributed by atoms with Gasteiger partial charge in [0.2, 0.25) is 0 Å². The van der Waals surface area contributed by atoms with E-state index >= 15 is 0 Å². The van der Waals surface area contributed by atoms with Crippen LogP contribution in [0.4, 0.5) is 0 Å². The predicted molar refractivity (Wildman–Crippen MR) is 138 cm³/mol. The summed E-state index contributed by atoms with van der Waals surface area (Å²) in [6, 6.07) is 18.3. The van der Waals surface area contributed by atoms with Crippen molar-refractivity contribution in [2.24, 2.45) is 0 Å². The molecule has 0 saturated carbocycles. The van der Waals surface area contributed by atoms with Gasteiger partial charge in [-0.05, 0) is 92.1 Å². The Bertz CT molecular complexity index is 1170. The number of ether oxygens (including phenoxy) is 5. The predicted octanol–water partition coefficient (Wildman–Crippen LogP) is 5.32. The first-order valence-corrected chi connectivity index (χ1v) is 12.0. The maximum atomic E-state index is 13.7. The minimum Gasteiger partial charge on any atom is -0.497 e. The largest absolute Gasteiger partial charge is 0.497 e. The summed E-state index contributed by atoms with van der Waals surface area (Å²) >= 11 is 0. The third-order valence-electron chi connectivity index (χ3n) is 6.20. The monoisotopic (exact) mass is 491 g/mol. The van der Waals surface area contributed by atoms with Crippen LogP contribution in [-0.2, 0) is 6.42 Å². The van der Waals surface area contributed by atoms with Crippen LogP contribution in [-0.4, -0.2) is 51.4 Å². The van der Waals surface area contributed by atoms with Crippen molar-refractivity contribution in [2.45, 2.75) is 32.4 Å². The summed E-state index contributed by atoms with van der Waals surface area (Å²) < 4.78 is 28.2. The lowest BCUT2D eigenvalue weighted by Gasteiger charge is -2.37. The van der Waals surface area contributed by atoms with Crippen molar-refractivity contribution in [3.63, 3.8) is 0 Å². The molecule has 4 rings (SSSR count). The summed E-state index contributed by atoms with van der Waals surface area (Å²) in [5.74, 6) is 3.42. The van der Waals surface area contributed by atoms with Crippen molar-refractivity contribution < 1.29 is 28.5 Å². The van der Waals surface area contributed by atoms with E-state index in [9.17, 15) is 4.79 Å². The molecule has 1 aliphatic heterocycles. The average Bonchev–Trinajstić information content (AvgIpc) is 2.90. The molecule has 1 aliphatic rings. The SMILES string of the molecule is COc1ccc(OCC2c3cc(OC)c(OC)cc3CCN2C(=O)c2ccc(OC(C)C)cc2)cc1. The van der Waals surface area contributed by atoms with Gasteiger partial charge in [-0.1, -0.05) is 0 Å². The highest BCUT2D eigenvalue weighted by Crippen LogP contribution is 2.39. The van der Waals surface area contributed by atoms with Crippen molar-refractivity contribution in [3.8, 4) is 28.7 Å². The highest BCUT2D eigenvalue weighted by molar-refractivity contribution is 5.95. The second-order valence-electron chi connectivity index (χ2n) is 8.85. The van der Waals surface area contributed by atoms with Crippen LogP contribution >= 0.6 is 0 Å². The number of benzene rings is 3. The molecule has 1 unspecified atom stereocenters. The Morgan fingerprint density at radius 3 is 2.08 bits per heavy atom.